The number of nitrogens with one attached hydrogen (secondary N) is 2. The Morgan fingerprint density at radius 1 is 0.949 bits per heavy atom. The minimum absolute atomic E-state index is 0.00316. The van der Waals surface area contributed by atoms with Gasteiger partial charge in [-0.2, -0.15) is 0 Å². The van der Waals surface area contributed by atoms with E-state index in [4.69, 9.17) is 4.42 Å². The number of likely N-dealkylation sites (N-methyl/N-ethyl adjacent to an activating group) is 1. The molecule has 0 bridgehead atoms. The van der Waals surface area contributed by atoms with Crippen LogP contribution in [0.2, 0.25) is 0 Å². The first-order chi connectivity index (χ1) is 18.6. The summed E-state index contributed by atoms with van der Waals surface area (Å²) < 4.78 is 5.40. The van der Waals surface area contributed by atoms with E-state index >= 15 is 0 Å². The van der Waals surface area contributed by atoms with Crippen LogP contribution in [0.1, 0.15) is 20.9 Å². The van der Waals surface area contributed by atoms with Crippen molar-refractivity contribution in [2.45, 2.75) is 0 Å². The van der Waals surface area contributed by atoms with E-state index < -0.39 is 22.8 Å². The molecule has 1 aliphatic rings. The molecule has 0 atom stereocenters. The number of hydrogen-bond acceptors (Lipinski definition) is 9. The van der Waals surface area contributed by atoms with E-state index in [-0.39, 0.29) is 35.1 Å². The second kappa shape index (κ2) is 11.9. The molecule has 12 heteroatoms. The van der Waals surface area contributed by atoms with Gasteiger partial charge in [0, 0.05) is 57.1 Å². The Morgan fingerprint density at radius 2 is 1.64 bits per heavy atom. The van der Waals surface area contributed by atoms with Crippen molar-refractivity contribution in [2.75, 3.05) is 64.8 Å². The summed E-state index contributed by atoms with van der Waals surface area (Å²) in [7, 11) is 3.87. The molecular weight excluding hydrogens is 506 g/mol. The van der Waals surface area contributed by atoms with Crippen molar-refractivity contribution in [1.82, 2.24) is 20.4 Å². The third kappa shape index (κ3) is 6.47. The fraction of sp³-hybridized carbons (Fsp3) is 0.333. The number of nitrogens with zero attached hydrogens (tertiary/aromatic N) is 3. The number of amides is 3. The van der Waals surface area contributed by atoms with Gasteiger partial charge in [0.2, 0.25) is 5.91 Å². The number of fused-ring (bicyclic) bond motifs is 1. The average molecular weight is 538 g/mol. The van der Waals surface area contributed by atoms with Crippen LogP contribution >= 0.6 is 0 Å². The van der Waals surface area contributed by atoms with Gasteiger partial charge >= 0.3 is 0 Å². The summed E-state index contributed by atoms with van der Waals surface area (Å²) >= 11 is 0. The number of rotatable bonds is 8. The number of phenolic OH excluding ortho intramolecular Hbond substituents is 2. The quantitative estimate of drug-likeness (QED) is 0.302. The standard InChI is InChI=1S/C27H31N5O7/c1-30(2)8-7-28-26(37)17-5-3-4-6-19(17)31-9-11-32(12-10-31)25(36)16-29-27(38)24-14-20(33)18-13-21(34)22(35)15-23(18)39-24/h3-6,13-15,34-35H,7-12,16H2,1-2H3,(H,28,37)(H,29,38). The zero-order valence-electron chi connectivity index (χ0n) is 21.8. The number of carbonyl (C=O) groups excluding carboxylic acids is 3. The maximum Gasteiger partial charge on any atom is 0.287 e. The molecule has 0 saturated carbocycles. The van der Waals surface area contributed by atoms with E-state index in [9.17, 15) is 29.4 Å². The molecule has 0 unspecified atom stereocenters. The predicted molar refractivity (Wildman–Crippen MR) is 144 cm³/mol. The number of carbonyl (C=O) groups is 3. The van der Waals surface area contributed by atoms with Crippen molar-refractivity contribution >= 4 is 34.4 Å². The van der Waals surface area contributed by atoms with Crippen LogP contribution in [0, 0.1) is 0 Å². The Kier molecular flexibility index (Phi) is 8.35. The first-order valence-electron chi connectivity index (χ1n) is 12.5. The molecule has 0 radical (unpaired) electrons. The second-order valence-electron chi connectivity index (χ2n) is 9.44. The Labute approximate surface area is 224 Å². The van der Waals surface area contributed by atoms with Gasteiger partial charge in [0.05, 0.1) is 17.5 Å². The number of para-hydroxylation sites is 1. The van der Waals surface area contributed by atoms with E-state index in [1.54, 1.807) is 11.0 Å². The van der Waals surface area contributed by atoms with Crippen LogP contribution in [0.4, 0.5) is 5.69 Å². The Morgan fingerprint density at radius 3 is 2.36 bits per heavy atom. The van der Waals surface area contributed by atoms with Crippen LogP contribution in [0.3, 0.4) is 0 Å². The highest BCUT2D eigenvalue weighted by molar-refractivity contribution is 6.00. The van der Waals surface area contributed by atoms with Gasteiger partial charge in [-0.15, -0.1) is 0 Å². The van der Waals surface area contributed by atoms with Crippen LogP contribution in [0.5, 0.6) is 11.5 Å². The van der Waals surface area contributed by atoms with E-state index in [1.807, 2.05) is 37.2 Å². The van der Waals surface area contributed by atoms with Crippen molar-refractivity contribution in [3.05, 3.63) is 64.0 Å². The summed E-state index contributed by atoms with van der Waals surface area (Å²) in [5.41, 5.74) is 0.720. The van der Waals surface area contributed by atoms with Crippen LogP contribution in [-0.4, -0.2) is 97.6 Å². The van der Waals surface area contributed by atoms with Crippen molar-refractivity contribution < 1.29 is 29.0 Å². The molecular formula is C27H31N5O7. The third-order valence-corrected chi connectivity index (χ3v) is 6.41. The number of benzene rings is 2. The summed E-state index contributed by atoms with van der Waals surface area (Å²) in [6, 6.07) is 10.4. The molecule has 1 aliphatic heterocycles. The van der Waals surface area contributed by atoms with E-state index in [0.717, 1.165) is 30.4 Å². The normalized spacial score (nSPS) is 13.5. The molecule has 1 fully saturated rings. The Hall–Kier alpha value is -4.58. The van der Waals surface area contributed by atoms with Gasteiger partial charge in [0.1, 0.15) is 5.58 Å². The molecule has 206 valence electrons. The molecule has 1 saturated heterocycles. The maximum atomic E-state index is 12.8. The summed E-state index contributed by atoms with van der Waals surface area (Å²) in [6.45, 7) is 2.79. The van der Waals surface area contributed by atoms with Gasteiger partial charge in [-0.3, -0.25) is 19.2 Å². The SMILES string of the molecule is CN(C)CCNC(=O)c1ccccc1N1CCN(C(=O)CNC(=O)c2cc(=O)c3cc(O)c(O)cc3o2)CC1. The van der Waals surface area contributed by atoms with Crippen molar-refractivity contribution in [3.63, 3.8) is 0 Å². The van der Waals surface area contributed by atoms with E-state index in [1.165, 1.54) is 0 Å². The largest absolute Gasteiger partial charge is 0.504 e. The summed E-state index contributed by atoms with van der Waals surface area (Å²) in [5.74, 6) is -2.52. The van der Waals surface area contributed by atoms with E-state index in [0.29, 0.717) is 38.3 Å². The molecule has 3 amide bonds. The van der Waals surface area contributed by atoms with Crippen molar-refractivity contribution in [2.24, 2.45) is 0 Å². The molecule has 12 nitrogen and oxygen atoms in total. The fourth-order valence-electron chi connectivity index (χ4n) is 4.27. The molecule has 2 aromatic carbocycles. The summed E-state index contributed by atoms with van der Waals surface area (Å²) in [4.78, 5) is 56.0. The predicted octanol–water partition coefficient (Wildman–Crippen LogP) is 0.574. The Balaban J connectivity index is 1.33. The number of anilines is 1. The first kappa shape index (κ1) is 27.5. The zero-order valence-corrected chi connectivity index (χ0v) is 21.8. The second-order valence-corrected chi connectivity index (χ2v) is 9.44. The minimum atomic E-state index is -0.761. The lowest BCUT2D eigenvalue weighted by atomic mass is 10.1. The molecule has 0 aliphatic carbocycles. The van der Waals surface area contributed by atoms with Crippen molar-refractivity contribution in [3.8, 4) is 11.5 Å². The summed E-state index contributed by atoms with van der Waals surface area (Å²) in [6.07, 6.45) is 0. The fourth-order valence-corrected chi connectivity index (χ4v) is 4.27. The highest BCUT2D eigenvalue weighted by Crippen LogP contribution is 2.29. The highest BCUT2D eigenvalue weighted by Gasteiger charge is 2.25. The lowest BCUT2D eigenvalue weighted by Gasteiger charge is -2.37. The van der Waals surface area contributed by atoms with Gasteiger partial charge in [0.15, 0.2) is 22.7 Å². The monoisotopic (exact) mass is 537 g/mol. The average Bonchev–Trinajstić information content (AvgIpc) is 2.92. The van der Waals surface area contributed by atoms with Crippen molar-refractivity contribution in [1.29, 1.82) is 0 Å². The molecule has 1 aromatic heterocycles. The topological polar surface area (TPSA) is 156 Å². The lowest BCUT2D eigenvalue weighted by molar-refractivity contribution is -0.130. The molecule has 4 N–H and O–H groups in total. The molecule has 0 spiro atoms. The maximum absolute atomic E-state index is 12.8. The van der Waals surface area contributed by atoms with Crippen LogP contribution < -0.4 is 21.0 Å². The molecule has 4 rings (SSSR count). The number of phenols is 2. The van der Waals surface area contributed by atoms with Crippen LogP contribution in [-0.2, 0) is 4.79 Å². The smallest absolute Gasteiger partial charge is 0.287 e. The molecule has 2 heterocycles. The van der Waals surface area contributed by atoms with Gasteiger partial charge in [0.25, 0.3) is 11.8 Å². The van der Waals surface area contributed by atoms with Gasteiger partial charge < -0.3 is 40.0 Å². The summed E-state index contributed by atoms with van der Waals surface area (Å²) in [5, 5.41) is 24.6. The molecule has 3 aromatic rings. The van der Waals surface area contributed by atoms with Crippen LogP contribution in [0.15, 0.2) is 51.7 Å². The van der Waals surface area contributed by atoms with E-state index in [2.05, 4.69) is 15.5 Å². The van der Waals surface area contributed by atoms with Gasteiger partial charge in [-0.05, 0) is 32.3 Å². The first-order valence-corrected chi connectivity index (χ1v) is 12.5. The highest BCUT2D eigenvalue weighted by atomic mass is 16.3. The zero-order chi connectivity index (χ0) is 28.1. The number of hydrogen-bond donors (Lipinski definition) is 4. The third-order valence-electron chi connectivity index (χ3n) is 6.41. The number of piperazine rings is 1. The number of aromatic hydroxyl groups is 2. The lowest BCUT2D eigenvalue weighted by Crippen LogP contribution is -2.51. The van der Waals surface area contributed by atoms with Gasteiger partial charge in [-0.1, -0.05) is 12.1 Å². The minimum Gasteiger partial charge on any atom is -0.504 e. The molecule has 39 heavy (non-hydrogen) atoms. The van der Waals surface area contributed by atoms with Gasteiger partial charge in [-0.25, -0.2) is 0 Å². The Bertz CT molecular complexity index is 1440. The van der Waals surface area contributed by atoms with Crippen LogP contribution in [0.25, 0.3) is 11.0 Å².